The van der Waals surface area contributed by atoms with E-state index in [0.29, 0.717) is 19.5 Å². The van der Waals surface area contributed by atoms with Crippen LogP contribution in [0.25, 0.3) is 0 Å². The molecule has 27 heavy (non-hydrogen) atoms. The fraction of sp³-hybridized carbons (Fsp3) is 0.300. The maximum atomic E-state index is 13.1. The second-order valence-corrected chi connectivity index (χ2v) is 7.56. The molecule has 1 heterocycles. The van der Waals surface area contributed by atoms with Crippen LogP contribution in [-0.2, 0) is 16.1 Å². The van der Waals surface area contributed by atoms with Crippen LogP contribution in [0, 0.1) is 0 Å². The molecule has 0 saturated carbocycles. The average Bonchev–Trinajstić information content (AvgIpc) is 3.16. The third-order valence-electron chi connectivity index (χ3n) is 4.63. The third-order valence-corrected chi connectivity index (χ3v) is 5.16. The highest BCUT2D eigenvalue weighted by Gasteiger charge is 2.33. The van der Waals surface area contributed by atoms with E-state index in [2.05, 4.69) is 26.8 Å². The molecule has 3 rings (SSSR count). The second kappa shape index (κ2) is 9.12. The van der Waals surface area contributed by atoms with E-state index < -0.39 is 5.91 Å². The lowest BCUT2D eigenvalue weighted by Gasteiger charge is -2.25. The number of primary amides is 1. The molecule has 1 saturated heterocycles. The topological polar surface area (TPSA) is 87.5 Å². The van der Waals surface area contributed by atoms with Crippen LogP contribution < -0.4 is 16.6 Å². The number of hydrazine groups is 1. The Balaban J connectivity index is 1.67. The number of amides is 2. The highest BCUT2D eigenvalue weighted by Crippen LogP contribution is 2.25. The van der Waals surface area contributed by atoms with Crippen molar-refractivity contribution in [1.82, 2.24) is 15.8 Å². The van der Waals surface area contributed by atoms with Crippen LogP contribution in [0.3, 0.4) is 0 Å². The van der Waals surface area contributed by atoms with Crippen molar-refractivity contribution >= 4 is 27.7 Å². The van der Waals surface area contributed by atoms with Crippen LogP contribution in [0.4, 0.5) is 0 Å². The van der Waals surface area contributed by atoms with E-state index in [9.17, 15) is 9.59 Å². The number of hydrogen-bond donors (Lipinski definition) is 3. The molecule has 7 heteroatoms. The van der Waals surface area contributed by atoms with Gasteiger partial charge in [0.05, 0.1) is 0 Å². The highest BCUT2D eigenvalue weighted by molar-refractivity contribution is 9.10. The van der Waals surface area contributed by atoms with Gasteiger partial charge in [-0.25, -0.2) is 10.9 Å². The summed E-state index contributed by atoms with van der Waals surface area (Å²) in [6, 6.07) is 17.5. The average molecular weight is 431 g/mol. The first-order chi connectivity index (χ1) is 13.0. The predicted octanol–water partition coefficient (Wildman–Crippen LogP) is 2.26. The molecule has 0 aliphatic carbocycles. The summed E-state index contributed by atoms with van der Waals surface area (Å²) in [5, 5.41) is 0. The monoisotopic (exact) mass is 430 g/mol. The number of nitrogens with zero attached hydrogens (tertiary/aromatic N) is 1. The van der Waals surface area contributed by atoms with Crippen LogP contribution in [0.15, 0.2) is 59.1 Å². The number of benzene rings is 2. The summed E-state index contributed by atoms with van der Waals surface area (Å²) in [5.41, 5.74) is 13.7. The minimum absolute atomic E-state index is 0.0350. The maximum absolute atomic E-state index is 13.1. The Morgan fingerprint density at radius 3 is 2.44 bits per heavy atom. The standard InChI is InChI=1S/C20H23BrN4O2/c21-16-8-6-15(7-9-16)17-12-18(24-23-17)20(27)25(11-10-19(22)26)13-14-4-2-1-3-5-14/h1-9,17-18,23-24H,10-13H2,(H2,22,26). The summed E-state index contributed by atoms with van der Waals surface area (Å²) in [6.07, 6.45) is 0.789. The van der Waals surface area contributed by atoms with Gasteiger partial charge in [-0.3, -0.25) is 9.59 Å². The van der Waals surface area contributed by atoms with Gasteiger partial charge in [0.1, 0.15) is 6.04 Å². The molecule has 2 aromatic rings. The van der Waals surface area contributed by atoms with Crippen molar-refractivity contribution in [3.05, 3.63) is 70.2 Å². The Labute approximate surface area is 167 Å². The lowest BCUT2D eigenvalue weighted by molar-refractivity contribution is -0.134. The summed E-state index contributed by atoms with van der Waals surface area (Å²) in [6.45, 7) is 0.762. The first-order valence-electron chi connectivity index (χ1n) is 8.90. The maximum Gasteiger partial charge on any atom is 0.241 e. The molecule has 1 aliphatic rings. The predicted molar refractivity (Wildman–Crippen MR) is 107 cm³/mol. The van der Waals surface area contributed by atoms with Gasteiger partial charge in [-0.05, 0) is 29.7 Å². The lowest BCUT2D eigenvalue weighted by atomic mass is 10.0. The van der Waals surface area contributed by atoms with Crippen LogP contribution >= 0.6 is 15.9 Å². The zero-order chi connectivity index (χ0) is 19.2. The van der Waals surface area contributed by atoms with Crippen molar-refractivity contribution in [1.29, 1.82) is 0 Å². The van der Waals surface area contributed by atoms with Gasteiger partial charge in [0.15, 0.2) is 0 Å². The van der Waals surface area contributed by atoms with E-state index >= 15 is 0 Å². The van der Waals surface area contributed by atoms with E-state index in [1.54, 1.807) is 4.90 Å². The lowest BCUT2D eigenvalue weighted by Crippen LogP contribution is -2.46. The van der Waals surface area contributed by atoms with Gasteiger partial charge in [0.2, 0.25) is 11.8 Å². The molecule has 142 valence electrons. The fourth-order valence-corrected chi connectivity index (χ4v) is 3.43. The summed E-state index contributed by atoms with van der Waals surface area (Å²) in [5.74, 6) is -0.446. The zero-order valence-corrected chi connectivity index (χ0v) is 16.5. The molecule has 0 aromatic heterocycles. The molecule has 0 bridgehead atoms. The van der Waals surface area contributed by atoms with Gasteiger partial charge >= 0.3 is 0 Å². The van der Waals surface area contributed by atoms with E-state index in [-0.39, 0.29) is 24.4 Å². The molecule has 1 fully saturated rings. The van der Waals surface area contributed by atoms with E-state index in [4.69, 9.17) is 5.73 Å². The third kappa shape index (κ3) is 5.38. The zero-order valence-electron chi connectivity index (χ0n) is 14.9. The van der Waals surface area contributed by atoms with Crippen LogP contribution in [0.5, 0.6) is 0 Å². The van der Waals surface area contributed by atoms with Crippen LogP contribution in [-0.4, -0.2) is 29.3 Å². The Morgan fingerprint density at radius 2 is 1.78 bits per heavy atom. The number of carbonyl (C=O) groups excluding carboxylic acids is 2. The first kappa shape index (κ1) is 19.5. The van der Waals surface area contributed by atoms with Gasteiger partial charge in [-0.15, -0.1) is 0 Å². The molecule has 0 radical (unpaired) electrons. The van der Waals surface area contributed by atoms with Crippen molar-refractivity contribution in [2.75, 3.05) is 6.54 Å². The summed E-state index contributed by atoms with van der Waals surface area (Å²) in [7, 11) is 0. The van der Waals surface area contributed by atoms with Gasteiger partial charge in [0, 0.05) is 30.0 Å². The van der Waals surface area contributed by atoms with Crippen LogP contribution in [0.1, 0.15) is 30.0 Å². The van der Waals surface area contributed by atoms with Crippen molar-refractivity contribution in [3.63, 3.8) is 0 Å². The Bertz CT molecular complexity index is 782. The molecule has 2 amide bonds. The molecule has 2 unspecified atom stereocenters. The molecule has 0 spiro atoms. The molecule has 6 nitrogen and oxygen atoms in total. The largest absolute Gasteiger partial charge is 0.370 e. The van der Waals surface area contributed by atoms with Gasteiger partial charge < -0.3 is 10.6 Å². The summed E-state index contributed by atoms with van der Waals surface area (Å²) < 4.78 is 1.02. The first-order valence-corrected chi connectivity index (χ1v) is 9.70. The molecule has 2 atom stereocenters. The van der Waals surface area contributed by atoms with Gasteiger partial charge in [-0.1, -0.05) is 58.4 Å². The van der Waals surface area contributed by atoms with Gasteiger partial charge in [0.25, 0.3) is 0 Å². The molecular weight excluding hydrogens is 408 g/mol. The van der Waals surface area contributed by atoms with E-state index in [1.165, 1.54) is 0 Å². The number of halogens is 1. The molecular formula is C20H23BrN4O2. The number of nitrogens with two attached hydrogens (primary N) is 1. The summed E-state index contributed by atoms with van der Waals surface area (Å²) in [4.78, 5) is 26.0. The van der Waals surface area contributed by atoms with Crippen LogP contribution in [0.2, 0.25) is 0 Å². The van der Waals surface area contributed by atoms with Crippen molar-refractivity contribution in [2.45, 2.75) is 31.5 Å². The SMILES string of the molecule is NC(=O)CCN(Cc1ccccc1)C(=O)C1CC(c2ccc(Br)cc2)NN1. The Morgan fingerprint density at radius 1 is 1.07 bits per heavy atom. The Hall–Kier alpha value is -2.22. The highest BCUT2D eigenvalue weighted by atomic mass is 79.9. The van der Waals surface area contributed by atoms with Crippen molar-refractivity contribution < 1.29 is 9.59 Å². The smallest absolute Gasteiger partial charge is 0.241 e. The van der Waals surface area contributed by atoms with Gasteiger partial charge in [-0.2, -0.15) is 0 Å². The quantitative estimate of drug-likeness (QED) is 0.628. The van der Waals surface area contributed by atoms with E-state index in [1.807, 2.05) is 54.6 Å². The molecule has 4 N–H and O–H groups in total. The van der Waals surface area contributed by atoms with Crippen molar-refractivity contribution in [3.8, 4) is 0 Å². The second-order valence-electron chi connectivity index (χ2n) is 6.64. The fourth-order valence-electron chi connectivity index (χ4n) is 3.17. The molecule has 1 aliphatic heterocycles. The molecule has 2 aromatic carbocycles. The summed E-state index contributed by atoms with van der Waals surface area (Å²) >= 11 is 3.43. The number of rotatable bonds is 7. The normalized spacial score (nSPS) is 19.0. The number of nitrogens with one attached hydrogen (secondary N) is 2. The Kier molecular flexibility index (Phi) is 6.60. The van der Waals surface area contributed by atoms with E-state index in [0.717, 1.165) is 15.6 Å². The number of hydrogen-bond acceptors (Lipinski definition) is 4. The van der Waals surface area contributed by atoms with Crippen molar-refractivity contribution in [2.24, 2.45) is 5.73 Å². The minimum atomic E-state index is -0.411. The minimum Gasteiger partial charge on any atom is -0.370 e. The number of carbonyl (C=O) groups is 2.